The lowest BCUT2D eigenvalue weighted by atomic mass is 10.1. The summed E-state index contributed by atoms with van der Waals surface area (Å²) in [5.41, 5.74) is 2.51. The number of benzene rings is 2. The maximum atomic E-state index is 5.70. The molecular formula is C22H30O2. The monoisotopic (exact) mass is 326 g/mol. The van der Waals surface area contributed by atoms with Crippen molar-refractivity contribution >= 4 is 0 Å². The van der Waals surface area contributed by atoms with E-state index in [1.165, 1.54) is 36.8 Å². The Hall–Kier alpha value is -1.64. The molecule has 24 heavy (non-hydrogen) atoms. The van der Waals surface area contributed by atoms with Gasteiger partial charge in [0.2, 0.25) is 0 Å². The summed E-state index contributed by atoms with van der Waals surface area (Å²) in [5.74, 6) is 0. The highest BCUT2D eigenvalue weighted by Gasteiger charge is 1.95. The molecule has 0 aliphatic heterocycles. The third-order valence-electron chi connectivity index (χ3n) is 4.05. The summed E-state index contributed by atoms with van der Waals surface area (Å²) < 4.78 is 11.4. The molecule has 0 N–H and O–H groups in total. The predicted molar refractivity (Wildman–Crippen MR) is 99.9 cm³/mol. The second-order valence-corrected chi connectivity index (χ2v) is 6.20. The number of rotatable bonds is 13. The molecule has 2 heteroatoms. The number of hydrogen-bond acceptors (Lipinski definition) is 2. The highest BCUT2D eigenvalue weighted by atomic mass is 16.5. The van der Waals surface area contributed by atoms with E-state index < -0.39 is 0 Å². The van der Waals surface area contributed by atoms with Gasteiger partial charge in [-0.05, 0) is 24.0 Å². The summed E-state index contributed by atoms with van der Waals surface area (Å²) in [5, 5.41) is 0. The van der Waals surface area contributed by atoms with Gasteiger partial charge in [-0.15, -0.1) is 0 Å². The van der Waals surface area contributed by atoms with Gasteiger partial charge in [0.1, 0.15) is 0 Å². The molecule has 130 valence electrons. The van der Waals surface area contributed by atoms with Crippen LogP contribution in [0.15, 0.2) is 60.7 Å². The highest BCUT2D eigenvalue weighted by Crippen LogP contribution is 2.08. The topological polar surface area (TPSA) is 18.5 Å². The van der Waals surface area contributed by atoms with Crippen molar-refractivity contribution in [2.24, 2.45) is 0 Å². The molecule has 2 aromatic carbocycles. The van der Waals surface area contributed by atoms with Gasteiger partial charge in [0, 0.05) is 13.2 Å². The van der Waals surface area contributed by atoms with Crippen LogP contribution in [0, 0.1) is 0 Å². The Morgan fingerprint density at radius 3 is 1.25 bits per heavy atom. The quantitative estimate of drug-likeness (QED) is 0.436. The summed E-state index contributed by atoms with van der Waals surface area (Å²) in [4.78, 5) is 0. The van der Waals surface area contributed by atoms with E-state index in [0.29, 0.717) is 0 Å². The summed E-state index contributed by atoms with van der Waals surface area (Å²) in [6.07, 6.45) is 7.45. The molecule has 0 saturated carbocycles. The summed E-state index contributed by atoms with van der Waals surface area (Å²) >= 11 is 0. The third-order valence-corrected chi connectivity index (χ3v) is 4.05. The van der Waals surface area contributed by atoms with Crippen LogP contribution in [-0.2, 0) is 22.7 Å². The Kier molecular flexibility index (Phi) is 9.93. The molecule has 0 atom stereocenters. The normalized spacial score (nSPS) is 10.8. The van der Waals surface area contributed by atoms with Crippen LogP contribution in [0.2, 0.25) is 0 Å². The number of ether oxygens (including phenoxy) is 2. The molecule has 0 aliphatic rings. The van der Waals surface area contributed by atoms with Crippen LogP contribution in [0.3, 0.4) is 0 Å². The molecule has 0 amide bonds. The first-order valence-electron chi connectivity index (χ1n) is 9.18. The van der Waals surface area contributed by atoms with Gasteiger partial charge in [-0.1, -0.05) is 86.3 Å². The predicted octanol–water partition coefficient (Wildman–Crippen LogP) is 5.76. The van der Waals surface area contributed by atoms with E-state index in [9.17, 15) is 0 Å². The third kappa shape index (κ3) is 8.85. The molecule has 0 aliphatic carbocycles. The fourth-order valence-electron chi connectivity index (χ4n) is 2.64. The molecule has 0 bridgehead atoms. The van der Waals surface area contributed by atoms with Crippen molar-refractivity contribution < 1.29 is 9.47 Å². The van der Waals surface area contributed by atoms with Gasteiger partial charge in [0.25, 0.3) is 0 Å². The minimum atomic E-state index is 0.736. The van der Waals surface area contributed by atoms with Crippen molar-refractivity contribution in [2.45, 2.75) is 51.7 Å². The first-order valence-corrected chi connectivity index (χ1v) is 9.18. The number of unbranched alkanes of at least 4 members (excludes halogenated alkanes) is 5. The molecule has 0 radical (unpaired) electrons. The molecule has 2 aromatic rings. The fraction of sp³-hybridized carbons (Fsp3) is 0.455. The van der Waals surface area contributed by atoms with Crippen molar-refractivity contribution in [3.05, 3.63) is 71.8 Å². The zero-order valence-electron chi connectivity index (χ0n) is 14.7. The van der Waals surface area contributed by atoms with E-state index in [2.05, 4.69) is 48.5 Å². The van der Waals surface area contributed by atoms with Crippen LogP contribution in [0.25, 0.3) is 0 Å². The molecule has 0 unspecified atom stereocenters. The Bertz CT molecular complexity index is 461. The zero-order chi connectivity index (χ0) is 16.7. The van der Waals surface area contributed by atoms with Crippen molar-refractivity contribution in [1.29, 1.82) is 0 Å². The second kappa shape index (κ2) is 12.7. The van der Waals surface area contributed by atoms with Gasteiger partial charge in [-0.3, -0.25) is 0 Å². The molecule has 0 spiro atoms. The Balaban J connectivity index is 1.32. The first-order chi connectivity index (χ1) is 11.9. The highest BCUT2D eigenvalue weighted by molar-refractivity contribution is 5.14. The second-order valence-electron chi connectivity index (χ2n) is 6.20. The van der Waals surface area contributed by atoms with Gasteiger partial charge < -0.3 is 9.47 Å². The maximum Gasteiger partial charge on any atom is 0.0716 e. The largest absolute Gasteiger partial charge is 0.377 e. The SMILES string of the molecule is c1ccc(COCCCCCCCCOCc2ccccc2)cc1. The maximum absolute atomic E-state index is 5.70. The van der Waals surface area contributed by atoms with Crippen LogP contribution in [0.5, 0.6) is 0 Å². The van der Waals surface area contributed by atoms with Crippen molar-refractivity contribution in [2.75, 3.05) is 13.2 Å². The minimum absolute atomic E-state index is 0.736. The van der Waals surface area contributed by atoms with Crippen LogP contribution < -0.4 is 0 Å². The van der Waals surface area contributed by atoms with Gasteiger partial charge in [-0.25, -0.2) is 0 Å². The van der Waals surface area contributed by atoms with E-state index in [0.717, 1.165) is 39.3 Å². The van der Waals surface area contributed by atoms with E-state index >= 15 is 0 Å². The smallest absolute Gasteiger partial charge is 0.0716 e. The molecule has 0 aromatic heterocycles. The average molecular weight is 326 g/mol. The van der Waals surface area contributed by atoms with Gasteiger partial charge >= 0.3 is 0 Å². The minimum Gasteiger partial charge on any atom is -0.377 e. The van der Waals surface area contributed by atoms with E-state index in [1.807, 2.05) is 12.1 Å². The molecule has 2 nitrogen and oxygen atoms in total. The lowest BCUT2D eigenvalue weighted by Gasteiger charge is -2.05. The molecular weight excluding hydrogens is 296 g/mol. The lowest BCUT2D eigenvalue weighted by Crippen LogP contribution is -1.96. The van der Waals surface area contributed by atoms with Gasteiger partial charge in [0.05, 0.1) is 13.2 Å². The number of hydrogen-bond donors (Lipinski definition) is 0. The molecule has 0 fully saturated rings. The van der Waals surface area contributed by atoms with E-state index in [1.54, 1.807) is 0 Å². The van der Waals surface area contributed by atoms with Crippen molar-refractivity contribution in [3.63, 3.8) is 0 Å². The summed E-state index contributed by atoms with van der Waals surface area (Å²) in [6, 6.07) is 20.8. The lowest BCUT2D eigenvalue weighted by molar-refractivity contribution is 0.114. The fourth-order valence-corrected chi connectivity index (χ4v) is 2.64. The van der Waals surface area contributed by atoms with Gasteiger partial charge in [-0.2, -0.15) is 0 Å². The first kappa shape index (κ1) is 18.7. The average Bonchev–Trinajstić information content (AvgIpc) is 2.64. The summed E-state index contributed by atoms with van der Waals surface area (Å²) in [6.45, 7) is 3.21. The zero-order valence-corrected chi connectivity index (χ0v) is 14.7. The Morgan fingerprint density at radius 2 is 0.833 bits per heavy atom. The van der Waals surface area contributed by atoms with Crippen LogP contribution >= 0.6 is 0 Å². The summed E-state index contributed by atoms with van der Waals surface area (Å²) in [7, 11) is 0. The van der Waals surface area contributed by atoms with E-state index in [-0.39, 0.29) is 0 Å². The Labute approximate surface area is 146 Å². The molecule has 0 saturated heterocycles. The van der Waals surface area contributed by atoms with Crippen molar-refractivity contribution in [3.8, 4) is 0 Å². The van der Waals surface area contributed by atoms with Crippen LogP contribution in [-0.4, -0.2) is 13.2 Å². The molecule has 0 heterocycles. The van der Waals surface area contributed by atoms with Crippen LogP contribution in [0.4, 0.5) is 0 Å². The molecule has 2 rings (SSSR count). The van der Waals surface area contributed by atoms with Crippen LogP contribution in [0.1, 0.15) is 49.7 Å². The Morgan fingerprint density at radius 1 is 0.458 bits per heavy atom. The van der Waals surface area contributed by atoms with E-state index in [4.69, 9.17) is 9.47 Å². The van der Waals surface area contributed by atoms with Crippen molar-refractivity contribution in [1.82, 2.24) is 0 Å². The standard InChI is InChI=1S/C22H30O2/c1(3-11-17-23-19-21-13-7-5-8-14-21)2-4-12-18-24-20-22-15-9-6-10-16-22/h5-10,13-16H,1-4,11-12,17-20H2. The van der Waals surface area contributed by atoms with Gasteiger partial charge in [0.15, 0.2) is 0 Å².